The maximum Gasteiger partial charge on any atom is 0.227 e. The van der Waals surface area contributed by atoms with Crippen LogP contribution in [0.4, 0.5) is 5.95 Å². The van der Waals surface area contributed by atoms with E-state index in [0.29, 0.717) is 0 Å². The zero-order valence-electron chi connectivity index (χ0n) is 13.4. The first kappa shape index (κ1) is 15.0. The topological polar surface area (TPSA) is 43.2 Å². The number of benzene rings is 1. The number of nitrogens with zero attached hydrogens (tertiary/aromatic N) is 4. The van der Waals surface area contributed by atoms with Crippen molar-refractivity contribution in [3.05, 3.63) is 41.7 Å². The number of rotatable bonds is 5. The number of hydrogen-bond donors (Lipinski definition) is 0. The van der Waals surface area contributed by atoms with Gasteiger partial charge in [0.1, 0.15) is 6.10 Å². The van der Waals surface area contributed by atoms with Crippen molar-refractivity contribution < 1.29 is 4.74 Å². The standard InChI is InChI=1S/C17H24N4O/c1-3-20(2)17-19-18-16(15-11-7-8-12-22-15)21(17)13-14-9-5-4-6-10-14/h4-6,9-10,15H,3,7-8,11-13H2,1-2H3. The van der Waals surface area contributed by atoms with Gasteiger partial charge in [0, 0.05) is 20.2 Å². The minimum absolute atomic E-state index is 0.0731. The Labute approximate surface area is 131 Å². The van der Waals surface area contributed by atoms with E-state index in [9.17, 15) is 0 Å². The van der Waals surface area contributed by atoms with Crippen LogP contribution in [0.2, 0.25) is 0 Å². The van der Waals surface area contributed by atoms with Crippen molar-refractivity contribution in [1.29, 1.82) is 0 Å². The van der Waals surface area contributed by atoms with Crippen molar-refractivity contribution in [1.82, 2.24) is 14.8 Å². The van der Waals surface area contributed by atoms with Crippen molar-refractivity contribution in [2.45, 2.75) is 38.8 Å². The molecule has 0 aliphatic carbocycles. The van der Waals surface area contributed by atoms with Crippen LogP contribution < -0.4 is 4.90 Å². The number of anilines is 1. The highest BCUT2D eigenvalue weighted by atomic mass is 16.5. The van der Waals surface area contributed by atoms with E-state index >= 15 is 0 Å². The summed E-state index contributed by atoms with van der Waals surface area (Å²) in [6, 6.07) is 10.5. The third kappa shape index (κ3) is 3.14. The summed E-state index contributed by atoms with van der Waals surface area (Å²) in [6.07, 6.45) is 3.44. The maximum absolute atomic E-state index is 5.93. The quantitative estimate of drug-likeness (QED) is 0.851. The molecule has 3 rings (SSSR count). The summed E-state index contributed by atoms with van der Waals surface area (Å²) in [7, 11) is 2.05. The highest BCUT2D eigenvalue weighted by molar-refractivity contribution is 5.32. The fourth-order valence-corrected chi connectivity index (χ4v) is 2.83. The second-order valence-corrected chi connectivity index (χ2v) is 5.80. The first-order valence-corrected chi connectivity index (χ1v) is 8.09. The van der Waals surface area contributed by atoms with Gasteiger partial charge in [-0.05, 0) is 31.7 Å². The van der Waals surface area contributed by atoms with Gasteiger partial charge < -0.3 is 9.64 Å². The predicted octanol–water partition coefficient (Wildman–Crippen LogP) is 3.02. The molecule has 1 fully saturated rings. The fraction of sp³-hybridized carbons (Fsp3) is 0.529. The Hall–Kier alpha value is -1.88. The minimum Gasteiger partial charge on any atom is -0.370 e. The van der Waals surface area contributed by atoms with Gasteiger partial charge in [0.05, 0.1) is 6.54 Å². The van der Waals surface area contributed by atoms with Crippen LogP contribution in [-0.4, -0.2) is 35.0 Å². The molecular formula is C17H24N4O. The van der Waals surface area contributed by atoms with Gasteiger partial charge in [-0.3, -0.25) is 4.57 Å². The molecule has 0 bridgehead atoms. The lowest BCUT2D eigenvalue weighted by atomic mass is 10.1. The third-order valence-electron chi connectivity index (χ3n) is 4.23. The Morgan fingerprint density at radius 1 is 1.23 bits per heavy atom. The third-order valence-corrected chi connectivity index (χ3v) is 4.23. The van der Waals surface area contributed by atoms with E-state index in [1.807, 2.05) is 6.07 Å². The molecule has 0 N–H and O–H groups in total. The number of aromatic nitrogens is 3. The molecule has 1 aromatic carbocycles. The Morgan fingerprint density at radius 3 is 2.73 bits per heavy atom. The smallest absolute Gasteiger partial charge is 0.227 e. The molecule has 2 heterocycles. The fourth-order valence-electron chi connectivity index (χ4n) is 2.83. The number of ether oxygens (including phenoxy) is 1. The lowest BCUT2D eigenvalue weighted by molar-refractivity contribution is 0.00739. The molecule has 5 nitrogen and oxygen atoms in total. The molecule has 1 aliphatic rings. The van der Waals surface area contributed by atoms with Gasteiger partial charge in [0.15, 0.2) is 5.82 Å². The van der Waals surface area contributed by atoms with Crippen LogP contribution in [0.15, 0.2) is 30.3 Å². The van der Waals surface area contributed by atoms with E-state index in [2.05, 4.69) is 57.9 Å². The molecule has 118 valence electrons. The van der Waals surface area contributed by atoms with Gasteiger partial charge in [-0.25, -0.2) is 0 Å². The summed E-state index contributed by atoms with van der Waals surface area (Å²) in [5, 5.41) is 8.87. The molecule has 5 heteroatoms. The van der Waals surface area contributed by atoms with Crippen LogP contribution in [0, 0.1) is 0 Å². The van der Waals surface area contributed by atoms with Crippen molar-refractivity contribution in [3.63, 3.8) is 0 Å². The lowest BCUT2D eigenvalue weighted by Gasteiger charge is -2.24. The first-order valence-electron chi connectivity index (χ1n) is 8.09. The molecule has 1 saturated heterocycles. The summed E-state index contributed by atoms with van der Waals surface area (Å²) in [4.78, 5) is 2.13. The Kier molecular flexibility index (Phi) is 4.73. The molecule has 1 atom stereocenters. The van der Waals surface area contributed by atoms with Gasteiger partial charge >= 0.3 is 0 Å². The molecule has 1 aliphatic heterocycles. The minimum atomic E-state index is 0.0731. The molecule has 22 heavy (non-hydrogen) atoms. The van der Waals surface area contributed by atoms with E-state index in [-0.39, 0.29) is 6.10 Å². The van der Waals surface area contributed by atoms with Gasteiger partial charge in [0.2, 0.25) is 5.95 Å². The molecule has 1 aromatic heterocycles. The van der Waals surface area contributed by atoms with Gasteiger partial charge in [-0.15, -0.1) is 10.2 Å². The van der Waals surface area contributed by atoms with Gasteiger partial charge in [-0.1, -0.05) is 30.3 Å². The second-order valence-electron chi connectivity index (χ2n) is 5.80. The van der Waals surface area contributed by atoms with E-state index < -0.39 is 0 Å². The van der Waals surface area contributed by atoms with Gasteiger partial charge in [0.25, 0.3) is 0 Å². The second kappa shape index (κ2) is 6.92. The van der Waals surface area contributed by atoms with Crippen LogP contribution in [0.1, 0.15) is 43.7 Å². The van der Waals surface area contributed by atoms with Crippen molar-refractivity contribution in [3.8, 4) is 0 Å². The van der Waals surface area contributed by atoms with Crippen molar-refractivity contribution >= 4 is 5.95 Å². The average molecular weight is 300 g/mol. The summed E-state index contributed by atoms with van der Waals surface area (Å²) >= 11 is 0. The Morgan fingerprint density at radius 2 is 2.05 bits per heavy atom. The molecule has 0 saturated carbocycles. The summed E-state index contributed by atoms with van der Waals surface area (Å²) in [5.41, 5.74) is 1.25. The predicted molar refractivity (Wildman–Crippen MR) is 87.1 cm³/mol. The molecule has 0 spiro atoms. The van der Waals surface area contributed by atoms with E-state index in [4.69, 9.17) is 4.74 Å². The normalized spacial score (nSPS) is 18.4. The zero-order chi connectivity index (χ0) is 15.4. The molecular weight excluding hydrogens is 276 g/mol. The lowest BCUT2D eigenvalue weighted by Crippen LogP contribution is -2.23. The van der Waals surface area contributed by atoms with Crippen molar-refractivity contribution in [2.24, 2.45) is 0 Å². The Balaban J connectivity index is 1.93. The Bertz CT molecular complexity index is 590. The van der Waals surface area contributed by atoms with Crippen molar-refractivity contribution in [2.75, 3.05) is 25.1 Å². The van der Waals surface area contributed by atoms with Gasteiger partial charge in [-0.2, -0.15) is 0 Å². The molecule has 0 radical (unpaired) electrons. The van der Waals surface area contributed by atoms with Crippen LogP contribution >= 0.6 is 0 Å². The van der Waals surface area contributed by atoms with E-state index in [1.54, 1.807) is 0 Å². The van der Waals surface area contributed by atoms with E-state index in [1.165, 1.54) is 12.0 Å². The van der Waals surface area contributed by atoms with Crippen LogP contribution in [0.3, 0.4) is 0 Å². The number of hydrogen-bond acceptors (Lipinski definition) is 4. The first-order chi connectivity index (χ1) is 10.8. The zero-order valence-corrected chi connectivity index (χ0v) is 13.4. The SMILES string of the molecule is CCN(C)c1nnc(C2CCCCO2)n1Cc1ccccc1. The monoisotopic (exact) mass is 300 g/mol. The average Bonchev–Trinajstić information content (AvgIpc) is 2.99. The summed E-state index contributed by atoms with van der Waals surface area (Å²) < 4.78 is 8.13. The van der Waals surface area contributed by atoms with Crippen LogP contribution in [0.25, 0.3) is 0 Å². The molecule has 1 unspecified atom stereocenters. The highest BCUT2D eigenvalue weighted by Gasteiger charge is 2.25. The summed E-state index contributed by atoms with van der Waals surface area (Å²) in [6.45, 7) is 4.63. The van der Waals surface area contributed by atoms with Crippen LogP contribution in [0.5, 0.6) is 0 Å². The largest absolute Gasteiger partial charge is 0.370 e. The summed E-state index contributed by atoms with van der Waals surface area (Å²) in [5.74, 6) is 1.87. The molecule has 2 aromatic rings. The highest BCUT2D eigenvalue weighted by Crippen LogP contribution is 2.29. The maximum atomic E-state index is 5.93. The van der Waals surface area contributed by atoms with E-state index in [0.717, 1.165) is 44.3 Å². The van der Waals surface area contributed by atoms with Crippen LogP contribution in [-0.2, 0) is 11.3 Å². The molecule has 0 amide bonds.